The maximum Gasteiger partial charge on any atom is 0.204 e. The van der Waals surface area contributed by atoms with E-state index in [1.807, 2.05) is 44.2 Å². The first-order valence-electron chi connectivity index (χ1n) is 10.5. The van der Waals surface area contributed by atoms with Gasteiger partial charge in [-0.05, 0) is 50.1 Å². The molecule has 0 spiro atoms. The normalized spacial score (nSPS) is 11.2. The van der Waals surface area contributed by atoms with Crippen molar-refractivity contribution in [2.75, 3.05) is 25.1 Å². The molecule has 0 aliphatic rings. The molecule has 7 nitrogen and oxygen atoms in total. The second kappa shape index (κ2) is 8.98. The van der Waals surface area contributed by atoms with Crippen LogP contribution in [0.3, 0.4) is 0 Å². The Morgan fingerprint density at radius 2 is 1.73 bits per heavy atom. The molecular formula is C23H27N5O2. The van der Waals surface area contributed by atoms with Crippen LogP contribution in [0.15, 0.2) is 42.5 Å². The van der Waals surface area contributed by atoms with Crippen LogP contribution < -0.4 is 14.8 Å². The number of hydrogen-bond acceptors (Lipinski definition) is 6. The zero-order valence-corrected chi connectivity index (χ0v) is 17.7. The Bertz CT molecular complexity index is 1160. The van der Waals surface area contributed by atoms with Gasteiger partial charge in [0.25, 0.3) is 0 Å². The fraction of sp³-hybridized carbons (Fsp3) is 0.348. The molecule has 2 heterocycles. The molecule has 0 bridgehead atoms. The number of nitrogens with one attached hydrogen (secondary N) is 1. The Kier molecular flexibility index (Phi) is 5.97. The largest absolute Gasteiger partial charge is 0.490 e. The molecule has 2 aromatic carbocycles. The van der Waals surface area contributed by atoms with Crippen molar-refractivity contribution in [1.29, 1.82) is 0 Å². The summed E-state index contributed by atoms with van der Waals surface area (Å²) in [6.07, 6.45) is 1.63. The zero-order valence-electron chi connectivity index (χ0n) is 17.7. The molecule has 7 heteroatoms. The molecule has 0 amide bonds. The van der Waals surface area contributed by atoms with E-state index in [9.17, 15) is 0 Å². The Labute approximate surface area is 176 Å². The number of aromatic nitrogens is 4. The van der Waals surface area contributed by atoms with Gasteiger partial charge in [0, 0.05) is 13.0 Å². The summed E-state index contributed by atoms with van der Waals surface area (Å²) >= 11 is 0. The number of rotatable bonds is 9. The van der Waals surface area contributed by atoms with Crippen LogP contribution in [0.2, 0.25) is 0 Å². The van der Waals surface area contributed by atoms with Crippen molar-refractivity contribution in [3.8, 4) is 11.5 Å². The van der Waals surface area contributed by atoms with Gasteiger partial charge in [0.05, 0.1) is 24.2 Å². The van der Waals surface area contributed by atoms with Crippen LogP contribution in [-0.4, -0.2) is 39.3 Å². The fourth-order valence-corrected chi connectivity index (χ4v) is 3.57. The van der Waals surface area contributed by atoms with Gasteiger partial charge in [-0.15, -0.1) is 10.2 Å². The number of aryl methyl sites for hydroxylation is 1. The lowest BCUT2D eigenvalue weighted by Crippen LogP contribution is -2.09. The Balaban J connectivity index is 1.57. The van der Waals surface area contributed by atoms with E-state index in [1.54, 1.807) is 0 Å². The number of anilines is 1. The van der Waals surface area contributed by atoms with Crippen molar-refractivity contribution in [3.05, 3.63) is 53.9 Å². The van der Waals surface area contributed by atoms with Crippen LogP contribution >= 0.6 is 0 Å². The fourth-order valence-electron chi connectivity index (χ4n) is 3.57. The molecule has 30 heavy (non-hydrogen) atoms. The van der Waals surface area contributed by atoms with Gasteiger partial charge in [0.1, 0.15) is 5.82 Å². The quantitative estimate of drug-likeness (QED) is 0.448. The van der Waals surface area contributed by atoms with Crippen molar-refractivity contribution < 1.29 is 9.47 Å². The minimum absolute atomic E-state index is 0.605. The standard InChI is InChI=1S/C23H27N5O2/c1-4-21-26-27-23-22(25-17-9-7-8-10-18(17)28(21)23)24-14-13-16-11-12-19(29-5-2)20(15-16)30-6-3/h7-12,15H,4-6,13-14H2,1-3H3,(H,24,25). The van der Waals surface area contributed by atoms with Gasteiger partial charge < -0.3 is 14.8 Å². The predicted octanol–water partition coefficient (Wildman–Crippen LogP) is 4.29. The van der Waals surface area contributed by atoms with E-state index < -0.39 is 0 Å². The van der Waals surface area contributed by atoms with E-state index in [0.717, 1.165) is 59.2 Å². The molecule has 0 saturated heterocycles. The molecule has 0 unspecified atom stereocenters. The monoisotopic (exact) mass is 405 g/mol. The average molecular weight is 406 g/mol. The molecule has 0 atom stereocenters. The highest BCUT2D eigenvalue weighted by molar-refractivity contribution is 5.82. The summed E-state index contributed by atoms with van der Waals surface area (Å²) in [5.74, 6) is 3.24. The second-order valence-corrected chi connectivity index (χ2v) is 6.90. The van der Waals surface area contributed by atoms with Crippen LogP contribution in [-0.2, 0) is 12.8 Å². The van der Waals surface area contributed by atoms with Gasteiger partial charge in [-0.3, -0.25) is 4.40 Å². The van der Waals surface area contributed by atoms with Gasteiger partial charge in [-0.25, -0.2) is 4.98 Å². The van der Waals surface area contributed by atoms with E-state index in [0.29, 0.717) is 13.2 Å². The first kappa shape index (κ1) is 19.9. The predicted molar refractivity (Wildman–Crippen MR) is 119 cm³/mol. The Morgan fingerprint density at radius 3 is 2.53 bits per heavy atom. The summed E-state index contributed by atoms with van der Waals surface area (Å²) in [7, 11) is 0. The molecular weight excluding hydrogens is 378 g/mol. The minimum Gasteiger partial charge on any atom is -0.490 e. The van der Waals surface area contributed by atoms with Crippen LogP contribution in [0.25, 0.3) is 16.7 Å². The van der Waals surface area contributed by atoms with E-state index in [2.05, 4.69) is 39.0 Å². The number of hydrogen-bond donors (Lipinski definition) is 1. The highest BCUT2D eigenvalue weighted by Gasteiger charge is 2.14. The van der Waals surface area contributed by atoms with E-state index >= 15 is 0 Å². The lowest BCUT2D eigenvalue weighted by Gasteiger charge is -2.13. The van der Waals surface area contributed by atoms with Gasteiger partial charge in [-0.1, -0.05) is 25.1 Å². The topological polar surface area (TPSA) is 73.6 Å². The van der Waals surface area contributed by atoms with Crippen molar-refractivity contribution in [2.24, 2.45) is 0 Å². The third-order valence-electron chi connectivity index (χ3n) is 4.93. The van der Waals surface area contributed by atoms with Crippen molar-refractivity contribution in [1.82, 2.24) is 19.6 Å². The van der Waals surface area contributed by atoms with Crippen LogP contribution in [0, 0.1) is 0 Å². The van der Waals surface area contributed by atoms with Crippen molar-refractivity contribution >= 4 is 22.5 Å². The van der Waals surface area contributed by atoms with Gasteiger partial charge in [-0.2, -0.15) is 0 Å². The maximum atomic E-state index is 5.74. The van der Waals surface area contributed by atoms with E-state index in [4.69, 9.17) is 14.5 Å². The van der Waals surface area contributed by atoms with Gasteiger partial charge >= 0.3 is 0 Å². The highest BCUT2D eigenvalue weighted by Crippen LogP contribution is 2.29. The first-order chi connectivity index (χ1) is 14.7. The highest BCUT2D eigenvalue weighted by atomic mass is 16.5. The van der Waals surface area contributed by atoms with Crippen LogP contribution in [0.5, 0.6) is 11.5 Å². The lowest BCUT2D eigenvalue weighted by molar-refractivity contribution is 0.287. The molecule has 4 aromatic rings. The number of benzene rings is 2. The molecule has 0 fully saturated rings. The number of nitrogens with zero attached hydrogens (tertiary/aromatic N) is 4. The maximum absolute atomic E-state index is 5.74. The molecule has 4 rings (SSSR count). The summed E-state index contributed by atoms with van der Waals surface area (Å²) in [6, 6.07) is 14.2. The van der Waals surface area contributed by atoms with E-state index in [-0.39, 0.29) is 0 Å². The summed E-state index contributed by atoms with van der Waals surface area (Å²) in [4.78, 5) is 4.79. The third kappa shape index (κ3) is 3.87. The van der Waals surface area contributed by atoms with Crippen LogP contribution in [0.1, 0.15) is 32.2 Å². The SMILES string of the molecule is CCOc1ccc(CCNc2nc3ccccc3n3c(CC)nnc23)cc1OCC. The molecule has 0 radical (unpaired) electrons. The average Bonchev–Trinajstić information content (AvgIpc) is 3.20. The molecule has 156 valence electrons. The minimum atomic E-state index is 0.605. The second-order valence-electron chi connectivity index (χ2n) is 6.90. The summed E-state index contributed by atoms with van der Waals surface area (Å²) in [6.45, 7) is 7.97. The molecule has 0 saturated carbocycles. The number of ether oxygens (including phenoxy) is 2. The number of para-hydroxylation sites is 2. The van der Waals surface area contributed by atoms with Gasteiger partial charge in [0.15, 0.2) is 17.3 Å². The first-order valence-corrected chi connectivity index (χ1v) is 10.5. The molecule has 1 N–H and O–H groups in total. The lowest BCUT2D eigenvalue weighted by atomic mass is 10.1. The summed E-state index contributed by atoms with van der Waals surface area (Å²) in [5, 5.41) is 12.2. The Morgan fingerprint density at radius 1 is 0.933 bits per heavy atom. The molecule has 2 aromatic heterocycles. The zero-order chi connectivity index (χ0) is 20.9. The summed E-state index contributed by atoms with van der Waals surface area (Å²) in [5.41, 5.74) is 3.86. The van der Waals surface area contributed by atoms with E-state index in [1.165, 1.54) is 5.56 Å². The Hall–Kier alpha value is -3.35. The van der Waals surface area contributed by atoms with Crippen molar-refractivity contribution in [2.45, 2.75) is 33.6 Å². The number of fused-ring (bicyclic) bond motifs is 3. The molecule has 0 aliphatic heterocycles. The summed E-state index contributed by atoms with van der Waals surface area (Å²) < 4.78 is 13.5. The van der Waals surface area contributed by atoms with Gasteiger partial charge in [0.2, 0.25) is 5.65 Å². The third-order valence-corrected chi connectivity index (χ3v) is 4.93. The van der Waals surface area contributed by atoms with Crippen LogP contribution in [0.4, 0.5) is 5.82 Å². The molecule has 0 aliphatic carbocycles. The smallest absolute Gasteiger partial charge is 0.204 e. The van der Waals surface area contributed by atoms with Crippen molar-refractivity contribution in [3.63, 3.8) is 0 Å².